The van der Waals surface area contributed by atoms with E-state index >= 15 is 0 Å². The summed E-state index contributed by atoms with van der Waals surface area (Å²) in [7, 11) is 0. The second-order valence-corrected chi connectivity index (χ2v) is 7.35. The number of nitrogens with one attached hydrogen (secondary N) is 1. The maximum absolute atomic E-state index is 6.19. The largest absolute Gasteiger partial charge is 0.349 e. The first-order valence-corrected chi connectivity index (χ1v) is 9.09. The van der Waals surface area contributed by atoms with E-state index in [1.807, 2.05) is 49.6 Å². The van der Waals surface area contributed by atoms with Crippen molar-refractivity contribution >= 4 is 11.3 Å². The third kappa shape index (κ3) is 4.46. The molecule has 3 atom stereocenters. The number of ether oxygens (including phenoxy) is 2. The Labute approximate surface area is 148 Å². The lowest BCUT2D eigenvalue weighted by molar-refractivity contribution is -0.285. The molecule has 1 aliphatic heterocycles. The zero-order chi connectivity index (χ0) is 17.0. The standard InChI is InChI=1S/C20H23NO2S/c1-15(11-12-17-10-7-13-24-17)21-18-14-22-20(2,3)23-19(18)16-8-5-4-6-9-16/h4-10,13,15,18-19,21H,14H2,1-3H3/t15-,18-,19-/m0/s1. The molecular formula is C20H23NO2S. The lowest BCUT2D eigenvalue weighted by atomic mass is 10.00. The summed E-state index contributed by atoms with van der Waals surface area (Å²) in [5.74, 6) is 5.89. The second-order valence-electron chi connectivity index (χ2n) is 6.40. The highest BCUT2D eigenvalue weighted by molar-refractivity contribution is 7.10. The molecule has 3 rings (SSSR count). The van der Waals surface area contributed by atoms with Gasteiger partial charge in [-0.05, 0) is 37.8 Å². The molecule has 24 heavy (non-hydrogen) atoms. The van der Waals surface area contributed by atoms with Gasteiger partial charge in [-0.1, -0.05) is 48.2 Å². The fraction of sp³-hybridized carbons (Fsp3) is 0.400. The molecular weight excluding hydrogens is 318 g/mol. The summed E-state index contributed by atoms with van der Waals surface area (Å²) in [6, 6.07) is 14.5. The van der Waals surface area contributed by atoms with Crippen LogP contribution in [-0.2, 0) is 9.47 Å². The van der Waals surface area contributed by atoms with E-state index < -0.39 is 5.79 Å². The van der Waals surface area contributed by atoms with Crippen molar-refractivity contribution in [3.63, 3.8) is 0 Å². The molecule has 1 aromatic carbocycles. The molecule has 0 saturated carbocycles. The number of benzene rings is 1. The van der Waals surface area contributed by atoms with Crippen molar-refractivity contribution in [3.8, 4) is 11.8 Å². The van der Waals surface area contributed by atoms with E-state index in [9.17, 15) is 0 Å². The van der Waals surface area contributed by atoms with Crippen LogP contribution in [-0.4, -0.2) is 24.5 Å². The first-order chi connectivity index (χ1) is 11.5. The molecule has 1 aliphatic rings. The Hall–Kier alpha value is -1.64. The summed E-state index contributed by atoms with van der Waals surface area (Å²) in [5, 5.41) is 5.59. The third-order valence-corrected chi connectivity index (χ3v) is 4.70. The monoisotopic (exact) mass is 341 g/mol. The van der Waals surface area contributed by atoms with E-state index in [4.69, 9.17) is 9.47 Å². The van der Waals surface area contributed by atoms with Gasteiger partial charge in [-0.2, -0.15) is 0 Å². The van der Waals surface area contributed by atoms with Crippen LogP contribution in [0.1, 0.15) is 37.3 Å². The highest BCUT2D eigenvalue weighted by Gasteiger charge is 2.37. The zero-order valence-corrected chi connectivity index (χ0v) is 15.1. The first-order valence-electron chi connectivity index (χ1n) is 8.21. The summed E-state index contributed by atoms with van der Waals surface area (Å²) >= 11 is 1.66. The summed E-state index contributed by atoms with van der Waals surface area (Å²) in [4.78, 5) is 1.08. The smallest absolute Gasteiger partial charge is 0.163 e. The molecule has 126 valence electrons. The zero-order valence-electron chi connectivity index (χ0n) is 14.3. The van der Waals surface area contributed by atoms with Gasteiger partial charge in [-0.15, -0.1) is 11.3 Å². The van der Waals surface area contributed by atoms with E-state index in [1.165, 1.54) is 0 Å². The van der Waals surface area contributed by atoms with Crippen molar-refractivity contribution in [2.75, 3.05) is 6.61 Å². The Bertz CT molecular complexity index is 700. The number of hydrogen-bond acceptors (Lipinski definition) is 4. The van der Waals surface area contributed by atoms with E-state index in [0.29, 0.717) is 6.61 Å². The maximum atomic E-state index is 6.19. The van der Waals surface area contributed by atoms with Gasteiger partial charge in [0.15, 0.2) is 5.79 Å². The van der Waals surface area contributed by atoms with Crippen LogP contribution in [0.15, 0.2) is 47.8 Å². The van der Waals surface area contributed by atoms with Gasteiger partial charge in [0.25, 0.3) is 0 Å². The van der Waals surface area contributed by atoms with Crippen LogP contribution in [0, 0.1) is 11.8 Å². The number of rotatable bonds is 3. The van der Waals surface area contributed by atoms with Gasteiger partial charge in [0.05, 0.1) is 23.6 Å². The lowest BCUT2D eigenvalue weighted by Crippen LogP contribution is -2.52. The van der Waals surface area contributed by atoms with Gasteiger partial charge >= 0.3 is 0 Å². The first kappa shape index (κ1) is 17.2. The molecule has 1 aromatic heterocycles. The summed E-state index contributed by atoms with van der Waals surface area (Å²) < 4.78 is 12.0. The summed E-state index contributed by atoms with van der Waals surface area (Å²) in [5.41, 5.74) is 1.16. The molecule has 0 bridgehead atoms. The molecule has 1 N–H and O–H groups in total. The molecule has 0 spiro atoms. The van der Waals surface area contributed by atoms with Crippen LogP contribution < -0.4 is 5.32 Å². The fourth-order valence-corrected chi connectivity index (χ4v) is 3.35. The van der Waals surface area contributed by atoms with E-state index in [2.05, 4.69) is 36.2 Å². The molecule has 0 radical (unpaired) electrons. The molecule has 0 amide bonds. The van der Waals surface area contributed by atoms with Gasteiger partial charge < -0.3 is 9.47 Å². The number of thiophene rings is 1. The van der Waals surface area contributed by atoms with Crippen LogP contribution in [0.4, 0.5) is 0 Å². The molecule has 4 heteroatoms. The quantitative estimate of drug-likeness (QED) is 0.857. The Kier molecular flexibility index (Phi) is 5.37. The Balaban J connectivity index is 1.72. The minimum absolute atomic E-state index is 0.0525. The van der Waals surface area contributed by atoms with E-state index in [0.717, 1.165) is 10.4 Å². The van der Waals surface area contributed by atoms with E-state index in [1.54, 1.807) is 11.3 Å². The molecule has 1 fully saturated rings. The number of hydrogen-bond donors (Lipinski definition) is 1. The van der Waals surface area contributed by atoms with Crippen molar-refractivity contribution in [3.05, 3.63) is 58.3 Å². The van der Waals surface area contributed by atoms with Gasteiger partial charge in [-0.3, -0.25) is 5.32 Å². The van der Waals surface area contributed by atoms with Crippen LogP contribution in [0.2, 0.25) is 0 Å². The van der Waals surface area contributed by atoms with E-state index in [-0.39, 0.29) is 18.2 Å². The molecule has 0 aliphatic carbocycles. The predicted octanol–water partition coefficient (Wildman–Crippen LogP) is 3.97. The average molecular weight is 341 g/mol. The van der Waals surface area contributed by atoms with Crippen molar-refractivity contribution in [2.45, 2.75) is 44.7 Å². The third-order valence-electron chi connectivity index (χ3n) is 3.91. The summed E-state index contributed by atoms with van der Waals surface area (Å²) in [6.07, 6.45) is -0.0547. The molecule has 3 nitrogen and oxygen atoms in total. The molecule has 2 aromatic rings. The summed E-state index contributed by atoms with van der Waals surface area (Å²) in [6.45, 7) is 6.58. The van der Waals surface area contributed by atoms with Gasteiger partial charge in [-0.25, -0.2) is 0 Å². The predicted molar refractivity (Wildman–Crippen MR) is 97.9 cm³/mol. The van der Waals surface area contributed by atoms with Crippen LogP contribution >= 0.6 is 11.3 Å². The molecule has 2 heterocycles. The van der Waals surface area contributed by atoms with Crippen molar-refractivity contribution in [1.29, 1.82) is 0 Å². The van der Waals surface area contributed by atoms with Gasteiger partial charge in [0.1, 0.15) is 6.10 Å². The van der Waals surface area contributed by atoms with Crippen LogP contribution in [0.5, 0.6) is 0 Å². The second kappa shape index (κ2) is 7.50. The SMILES string of the molecule is C[C@@H](C#Cc1cccs1)N[C@H]1COC(C)(C)O[C@H]1c1ccccc1. The van der Waals surface area contributed by atoms with Crippen molar-refractivity contribution in [1.82, 2.24) is 5.32 Å². The Morgan fingerprint density at radius 1 is 1.21 bits per heavy atom. The lowest BCUT2D eigenvalue weighted by Gasteiger charge is -2.42. The Morgan fingerprint density at radius 2 is 2.00 bits per heavy atom. The minimum Gasteiger partial charge on any atom is -0.349 e. The highest BCUT2D eigenvalue weighted by Crippen LogP contribution is 2.33. The van der Waals surface area contributed by atoms with Gasteiger partial charge in [0.2, 0.25) is 0 Å². The van der Waals surface area contributed by atoms with Crippen LogP contribution in [0.3, 0.4) is 0 Å². The van der Waals surface area contributed by atoms with Crippen LogP contribution in [0.25, 0.3) is 0 Å². The van der Waals surface area contributed by atoms with Crippen molar-refractivity contribution in [2.24, 2.45) is 0 Å². The normalized spacial score (nSPS) is 24.0. The molecule has 0 unspecified atom stereocenters. The maximum Gasteiger partial charge on any atom is 0.163 e. The highest BCUT2D eigenvalue weighted by atomic mass is 32.1. The molecule has 1 saturated heterocycles. The van der Waals surface area contributed by atoms with Gasteiger partial charge in [0, 0.05) is 0 Å². The fourth-order valence-electron chi connectivity index (χ4n) is 2.77. The minimum atomic E-state index is -0.579. The van der Waals surface area contributed by atoms with Crippen molar-refractivity contribution < 1.29 is 9.47 Å². The topological polar surface area (TPSA) is 30.5 Å². The Morgan fingerprint density at radius 3 is 2.71 bits per heavy atom. The average Bonchev–Trinajstić information content (AvgIpc) is 3.09.